The maximum atomic E-state index is 12.3. The molecule has 0 saturated heterocycles. The summed E-state index contributed by atoms with van der Waals surface area (Å²) in [7, 11) is 0. The van der Waals surface area contributed by atoms with E-state index in [2.05, 4.69) is 5.32 Å². The average Bonchev–Trinajstić information content (AvgIpc) is 2.67. The van der Waals surface area contributed by atoms with Crippen LogP contribution in [0, 0.1) is 6.92 Å². The van der Waals surface area contributed by atoms with Gasteiger partial charge in [0.2, 0.25) is 0 Å². The Morgan fingerprint density at radius 2 is 1.64 bits per heavy atom. The van der Waals surface area contributed by atoms with Gasteiger partial charge in [0.1, 0.15) is 0 Å². The fourth-order valence-corrected chi connectivity index (χ4v) is 3.08. The number of rotatable bonds is 5. The molecule has 140 valence electrons. The normalized spacial score (nSPS) is 10.8. The van der Waals surface area contributed by atoms with Gasteiger partial charge in [-0.2, -0.15) is 0 Å². The standard InChI is InChI=1S/C23H17Cl2NO2/c1-15-3-2-4-18(13-15)23(28)26-20-10-6-17(7-11-20)22(27)12-8-16-5-9-19(24)14-21(16)25/h2-14H,1H3,(H,26,28)/b12-8-. The lowest BCUT2D eigenvalue weighted by Gasteiger charge is -2.06. The predicted molar refractivity (Wildman–Crippen MR) is 115 cm³/mol. The molecule has 1 N–H and O–H groups in total. The molecule has 0 aliphatic heterocycles. The number of halogens is 2. The Morgan fingerprint density at radius 1 is 0.893 bits per heavy atom. The van der Waals surface area contributed by atoms with Crippen LogP contribution in [0.15, 0.2) is 72.8 Å². The van der Waals surface area contributed by atoms with Crippen molar-refractivity contribution < 1.29 is 9.59 Å². The molecule has 3 nitrogen and oxygen atoms in total. The number of hydrogen-bond acceptors (Lipinski definition) is 2. The minimum atomic E-state index is -0.194. The van der Waals surface area contributed by atoms with Crippen molar-refractivity contribution in [2.75, 3.05) is 5.32 Å². The second-order valence-electron chi connectivity index (χ2n) is 6.26. The first-order chi connectivity index (χ1) is 13.4. The first kappa shape index (κ1) is 19.9. The minimum Gasteiger partial charge on any atom is -0.322 e. The molecular weight excluding hydrogens is 393 g/mol. The summed E-state index contributed by atoms with van der Waals surface area (Å²) >= 11 is 12.0. The van der Waals surface area contributed by atoms with Crippen molar-refractivity contribution in [1.29, 1.82) is 0 Å². The molecule has 0 heterocycles. The molecule has 0 saturated carbocycles. The summed E-state index contributed by atoms with van der Waals surface area (Å²) in [5.41, 5.74) is 3.44. The highest BCUT2D eigenvalue weighted by molar-refractivity contribution is 6.35. The van der Waals surface area contributed by atoms with Gasteiger partial charge in [0.05, 0.1) is 0 Å². The molecule has 0 radical (unpaired) electrons. The van der Waals surface area contributed by atoms with Crippen molar-refractivity contribution in [2.24, 2.45) is 0 Å². The molecule has 28 heavy (non-hydrogen) atoms. The van der Waals surface area contributed by atoms with Gasteiger partial charge in [-0.05, 0) is 73.2 Å². The summed E-state index contributed by atoms with van der Waals surface area (Å²) in [6, 6.07) is 19.2. The molecule has 0 bridgehead atoms. The molecule has 5 heteroatoms. The van der Waals surface area contributed by atoms with Crippen LogP contribution in [0.5, 0.6) is 0 Å². The number of nitrogens with one attached hydrogen (secondary N) is 1. The zero-order chi connectivity index (χ0) is 20.1. The summed E-state index contributed by atoms with van der Waals surface area (Å²) in [6.45, 7) is 1.93. The minimum absolute atomic E-state index is 0.164. The highest BCUT2D eigenvalue weighted by Gasteiger charge is 2.07. The number of anilines is 1. The van der Waals surface area contributed by atoms with Crippen LogP contribution in [-0.2, 0) is 0 Å². The van der Waals surface area contributed by atoms with E-state index in [9.17, 15) is 9.59 Å². The van der Waals surface area contributed by atoms with E-state index in [1.165, 1.54) is 6.08 Å². The van der Waals surface area contributed by atoms with Crippen LogP contribution in [0.4, 0.5) is 5.69 Å². The van der Waals surface area contributed by atoms with E-state index >= 15 is 0 Å². The number of hydrogen-bond donors (Lipinski definition) is 1. The number of carbonyl (C=O) groups is 2. The van der Waals surface area contributed by atoms with E-state index in [0.717, 1.165) is 5.56 Å². The molecule has 0 atom stereocenters. The fraction of sp³-hybridized carbons (Fsp3) is 0.0435. The largest absolute Gasteiger partial charge is 0.322 e. The Hall–Kier alpha value is -2.88. The Kier molecular flexibility index (Phi) is 6.30. The maximum absolute atomic E-state index is 12.3. The molecule has 3 aromatic carbocycles. The second kappa shape index (κ2) is 8.87. The number of allylic oxidation sites excluding steroid dienone is 1. The first-order valence-electron chi connectivity index (χ1n) is 8.58. The highest BCUT2D eigenvalue weighted by Crippen LogP contribution is 2.22. The SMILES string of the molecule is Cc1cccc(C(=O)Nc2ccc(C(=O)/C=C\c3ccc(Cl)cc3Cl)cc2)c1. The lowest BCUT2D eigenvalue weighted by Crippen LogP contribution is -2.12. The van der Waals surface area contributed by atoms with E-state index in [0.29, 0.717) is 32.4 Å². The van der Waals surface area contributed by atoms with Crippen molar-refractivity contribution in [2.45, 2.75) is 6.92 Å². The van der Waals surface area contributed by atoms with Gasteiger partial charge in [0.15, 0.2) is 5.78 Å². The van der Waals surface area contributed by atoms with Crippen LogP contribution in [0.1, 0.15) is 31.8 Å². The van der Waals surface area contributed by atoms with Gasteiger partial charge in [-0.15, -0.1) is 0 Å². The van der Waals surface area contributed by atoms with Crippen LogP contribution in [0.25, 0.3) is 6.08 Å². The number of aryl methyl sites for hydroxylation is 1. The van der Waals surface area contributed by atoms with Crippen LogP contribution in [-0.4, -0.2) is 11.7 Å². The Labute approximate surface area is 173 Å². The molecular formula is C23H17Cl2NO2. The van der Waals surface area contributed by atoms with Gasteiger partial charge >= 0.3 is 0 Å². The Morgan fingerprint density at radius 3 is 2.32 bits per heavy atom. The lowest BCUT2D eigenvalue weighted by molar-refractivity contribution is 0.102. The smallest absolute Gasteiger partial charge is 0.255 e. The van der Waals surface area contributed by atoms with Crippen molar-refractivity contribution in [1.82, 2.24) is 0 Å². The number of ketones is 1. The van der Waals surface area contributed by atoms with Crippen LogP contribution < -0.4 is 5.32 Å². The Balaban J connectivity index is 1.67. The van der Waals surface area contributed by atoms with Crippen molar-refractivity contribution >= 4 is 46.7 Å². The number of benzene rings is 3. The third-order valence-corrected chi connectivity index (χ3v) is 4.65. The first-order valence-corrected chi connectivity index (χ1v) is 9.33. The van der Waals surface area contributed by atoms with E-state index in [1.807, 2.05) is 25.1 Å². The zero-order valence-corrected chi connectivity index (χ0v) is 16.6. The summed E-state index contributed by atoms with van der Waals surface area (Å²) in [5, 5.41) is 3.84. The summed E-state index contributed by atoms with van der Waals surface area (Å²) in [6.07, 6.45) is 3.10. The molecule has 0 fully saturated rings. The average molecular weight is 410 g/mol. The van der Waals surface area contributed by atoms with E-state index < -0.39 is 0 Å². The van der Waals surface area contributed by atoms with Crippen LogP contribution in [0.2, 0.25) is 10.0 Å². The van der Waals surface area contributed by atoms with Gasteiger partial charge in [-0.3, -0.25) is 9.59 Å². The van der Waals surface area contributed by atoms with E-state index in [-0.39, 0.29) is 11.7 Å². The second-order valence-corrected chi connectivity index (χ2v) is 7.11. The topological polar surface area (TPSA) is 46.2 Å². The molecule has 0 unspecified atom stereocenters. The summed E-state index contributed by atoms with van der Waals surface area (Å²) in [4.78, 5) is 24.6. The number of amides is 1. The quantitative estimate of drug-likeness (QED) is 0.388. The molecule has 0 aromatic heterocycles. The third kappa shape index (κ3) is 5.10. The van der Waals surface area contributed by atoms with E-state index in [1.54, 1.807) is 54.6 Å². The molecule has 3 aromatic rings. The van der Waals surface area contributed by atoms with Crippen molar-refractivity contribution in [3.8, 4) is 0 Å². The third-order valence-electron chi connectivity index (χ3n) is 4.08. The molecule has 0 aliphatic carbocycles. The number of carbonyl (C=O) groups excluding carboxylic acids is 2. The van der Waals surface area contributed by atoms with Gasteiger partial charge in [0.25, 0.3) is 5.91 Å². The predicted octanol–water partition coefficient (Wildman–Crippen LogP) is 6.45. The van der Waals surface area contributed by atoms with Gasteiger partial charge in [0, 0.05) is 26.9 Å². The lowest BCUT2D eigenvalue weighted by atomic mass is 10.1. The van der Waals surface area contributed by atoms with Crippen molar-refractivity contribution in [3.63, 3.8) is 0 Å². The monoisotopic (exact) mass is 409 g/mol. The van der Waals surface area contributed by atoms with Crippen molar-refractivity contribution in [3.05, 3.63) is 105 Å². The van der Waals surface area contributed by atoms with Gasteiger partial charge in [-0.25, -0.2) is 0 Å². The summed E-state index contributed by atoms with van der Waals surface area (Å²) in [5.74, 6) is -0.359. The van der Waals surface area contributed by atoms with E-state index in [4.69, 9.17) is 23.2 Å². The highest BCUT2D eigenvalue weighted by atomic mass is 35.5. The molecule has 1 amide bonds. The zero-order valence-electron chi connectivity index (χ0n) is 15.1. The van der Waals surface area contributed by atoms with Crippen LogP contribution in [0.3, 0.4) is 0 Å². The Bertz CT molecular complexity index is 1060. The van der Waals surface area contributed by atoms with Gasteiger partial charge < -0.3 is 5.32 Å². The molecule has 0 aliphatic rings. The molecule has 3 rings (SSSR count). The van der Waals surface area contributed by atoms with Crippen LogP contribution >= 0.6 is 23.2 Å². The fourth-order valence-electron chi connectivity index (χ4n) is 2.61. The summed E-state index contributed by atoms with van der Waals surface area (Å²) < 4.78 is 0. The van der Waals surface area contributed by atoms with Gasteiger partial charge in [-0.1, -0.05) is 47.0 Å². The maximum Gasteiger partial charge on any atom is 0.255 e. The molecule has 0 spiro atoms.